The van der Waals surface area contributed by atoms with Gasteiger partial charge in [-0.1, -0.05) is 23.7 Å². The molecular formula is C14H17ClOS. The van der Waals surface area contributed by atoms with Crippen molar-refractivity contribution in [3.63, 3.8) is 0 Å². The Bertz CT molecular complexity index is 386. The van der Waals surface area contributed by atoms with E-state index in [1.165, 1.54) is 29.9 Å². The fourth-order valence-corrected chi connectivity index (χ4v) is 3.76. The molecule has 0 atom stereocenters. The van der Waals surface area contributed by atoms with E-state index in [-0.39, 0.29) is 0 Å². The number of carbonyl (C=O) groups excluding carboxylic acids is 1. The van der Waals surface area contributed by atoms with E-state index < -0.39 is 0 Å². The molecule has 3 heteroatoms. The molecule has 1 aromatic carbocycles. The standard InChI is InChI=1S/C14H17ClOS/c15-14-10-11(2-1-7-16)3-4-13(14)12-5-8-17-9-6-12/h3-4,7,10,12H,1-2,5-6,8-9H2. The number of aldehydes is 1. The first-order chi connectivity index (χ1) is 8.31. The van der Waals surface area contributed by atoms with Gasteiger partial charge >= 0.3 is 0 Å². The molecule has 1 aliphatic rings. The second-order valence-electron chi connectivity index (χ2n) is 4.45. The van der Waals surface area contributed by atoms with Crippen LogP contribution in [0.15, 0.2) is 18.2 Å². The van der Waals surface area contributed by atoms with Crippen molar-refractivity contribution in [2.45, 2.75) is 31.6 Å². The van der Waals surface area contributed by atoms with Gasteiger partial charge in [0.05, 0.1) is 0 Å². The summed E-state index contributed by atoms with van der Waals surface area (Å²) in [5, 5.41) is 0.880. The highest BCUT2D eigenvalue weighted by molar-refractivity contribution is 7.99. The fraction of sp³-hybridized carbons (Fsp3) is 0.500. The van der Waals surface area contributed by atoms with Crippen LogP contribution in [0.4, 0.5) is 0 Å². The molecule has 0 bridgehead atoms. The number of benzene rings is 1. The van der Waals surface area contributed by atoms with E-state index in [0.29, 0.717) is 12.3 Å². The Morgan fingerprint density at radius 3 is 2.76 bits per heavy atom. The van der Waals surface area contributed by atoms with E-state index in [4.69, 9.17) is 11.6 Å². The van der Waals surface area contributed by atoms with Crippen LogP contribution in [-0.2, 0) is 11.2 Å². The zero-order valence-electron chi connectivity index (χ0n) is 9.82. The molecule has 0 aliphatic carbocycles. The Morgan fingerprint density at radius 1 is 1.35 bits per heavy atom. The third-order valence-electron chi connectivity index (χ3n) is 3.28. The lowest BCUT2D eigenvalue weighted by Crippen LogP contribution is -2.08. The van der Waals surface area contributed by atoms with Crippen molar-refractivity contribution in [2.24, 2.45) is 0 Å². The highest BCUT2D eigenvalue weighted by Gasteiger charge is 2.18. The summed E-state index contributed by atoms with van der Waals surface area (Å²) in [5.74, 6) is 3.12. The quantitative estimate of drug-likeness (QED) is 0.766. The van der Waals surface area contributed by atoms with Crippen LogP contribution < -0.4 is 0 Å². The summed E-state index contributed by atoms with van der Waals surface area (Å²) in [6, 6.07) is 6.30. The second kappa shape index (κ2) is 6.46. The average molecular weight is 269 g/mol. The first kappa shape index (κ1) is 13.0. The van der Waals surface area contributed by atoms with Crippen LogP contribution in [0.2, 0.25) is 5.02 Å². The number of hydrogen-bond acceptors (Lipinski definition) is 2. The molecule has 2 rings (SSSR count). The van der Waals surface area contributed by atoms with Crippen molar-refractivity contribution in [3.8, 4) is 0 Å². The molecule has 0 unspecified atom stereocenters. The van der Waals surface area contributed by atoms with Gasteiger partial charge < -0.3 is 4.79 Å². The highest BCUT2D eigenvalue weighted by atomic mass is 35.5. The number of halogens is 1. The van der Waals surface area contributed by atoms with Gasteiger partial charge in [-0.2, -0.15) is 11.8 Å². The molecule has 1 aromatic rings. The maximum absolute atomic E-state index is 10.3. The van der Waals surface area contributed by atoms with Crippen LogP contribution in [0.25, 0.3) is 0 Å². The summed E-state index contributed by atoms with van der Waals surface area (Å²) in [4.78, 5) is 10.3. The number of hydrogen-bond donors (Lipinski definition) is 0. The minimum atomic E-state index is 0.579. The van der Waals surface area contributed by atoms with E-state index >= 15 is 0 Å². The SMILES string of the molecule is O=CCCc1ccc(C2CCSCC2)c(Cl)c1. The molecule has 0 amide bonds. The molecule has 0 spiro atoms. The zero-order valence-corrected chi connectivity index (χ0v) is 11.4. The summed E-state index contributed by atoms with van der Waals surface area (Å²) in [6.45, 7) is 0. The van der Waals surface area contributed by atoms with Crippen LogP contribution in [0.5, 0.6) is 0 Å². The van der Waals surface area contributed by atoms with Gasteiger partial charge in [0.25, 0.3) is 0 Å². The van der Waals surface area contributed by atoms with Crippen LogP contribution in [0.3, 0.4) is 0 Å². The molecule has 92 valence electrons. The van der Waals surface area contributed by atoms with Gasteiger partial charge in [0.1, 0.15) is 6.29 Å². The summed E-state index contributed by atoms with van der Waals surface area (Å²) in [7, 11) is 0. The van der Waals surface area contributed by atoms with Crippen molar-refractivity contribution < 1.29 is 4.79 Å². The second-order valence-corrected chi connectivity index (χ2v) is 6.08. The van der Waals surface area contributed by atoms with Gasteiger partial charge in [0.15, 0.2) is 0 Å². The predicted octanol–water partition coefficient (Wildman–Crippen LogP) is 4.08. The third kappa shape index (κ3) is 3.49. The summed E-state index contributed by atoms with van der Waals surface area (Å²) in [6.07, 6.45) is 4.80. The molecule has 1 heterocycles. The average Bonchev–Trinajstić information content (AvgIpc) is 2.37. The number of rotatable bonds is 4. The largest absolute Gasteiger partial charge is 0.303 e. The Kier molecular flexibility index (Phi) is 4.93. The van der Waals surface area contributed by atoms with Gasteiger partial charge in [-0.25, -0.2) is 0 Å². The molecule has 1 aliphatic heterocycles. The third-order valence-corrected chi connectivity index (χ3v) is 4.65. The van der Waals surface area contributed by atoms with Crippen molar-refractivity contribution in [1.29, 1.82) is 0 Å². The summed E-state index contributed by atoms with van der Waals surface area (Å²) < 4.78 is 0. The minimum Gasteiger partial charge on any atom is -0.303 e. The van der Waals surface area contributed by atoms with Crippen LogP contribution >= 0.6 is 23.4 Å². The van der Waals surface area contributed by atoms with Gasteiger partial charge in [0.2, 0.25) is 0 Å². The van der Waals surface area contributed by atoms with Crippen molar-refractivity contribution in [1.82, 2.24) is 0 Å². The van der Waals surface area contributed by atoms with Gasteiger partial charge in [-0.3, -0.25) is 0 Å². The maximum Gasteiger partial charge on any atom is 0.120 e. The molecule has 0 aromatic heterocycles. The molecule has 1 nitrogen and oxygen atoms in total. The molecule has 0 radical (unpaired) electrons. The van der Waals surface area contributed by atoms with E-state index in [2.05, 4.69) is 12.1 Å². The van der Waals surface area contributed by atoms with E-state index in [0.717, 1.165) is 23.3 Å². The monoisotopic (exact) mass is 268 g/mol. The Hall–Kier alpha value is -0.470. The lowest BCUT2D eigenvalue weighted by Gasteiger charge is -2.23. The Labute approximate surface area is 112 Å². The smallest absolute Gasteiger partial charge is 0.120 e. The van der Waals surface area contributed by atoms with Crippen LogP contribution in [0.1, 0.15) is 36.3 Å². The van der Waals surface area contributed by atoms with Gasteiger partial charge in [-0.05, 0) is 53.9 Å². The normalized spacial score (nSPS) is 17.0. The minimum absolute atomic E-state index is 0.579. The zero-order chi connectivity index (χ0) is 12.1. The number of carbonyl (C=O) groups is 1. The van der Waals surface area contributed by atoms with E-state index in [9.17, 15) is 4.79 Å². The molecule has 1 fully saturated rings. The lowest BCUT2D eigenvalue weighted by molar-refractivity contribution is -0.107. The highest BCUT2D eigenvalue weighted by Crippen LogP contribution is 2.35. The first-order valence-corrected chi connectivity index (χ1v) is 7.64. The first-order valence-electron chi connectivity index (χ1n) is 6.11. The summed E-state index contributed by atoms with van der Waals surface area (Å²) in [5.41, 5.74) is 2.46. The van der Waals surface area contributed by atoms with Gasteiger partial charge in [-0.15, -0.1) is 0 Å². The van der Waals surface area contributed by atoms with E-state index in [1.54, 1.807) is 0 Å². The Balaban J connectivity index is 2.10. The molecule has 17 heavy (non-hydrogen) atoms. The summed E-state index contributed by atoms with van der Waals surface area (Å²) >= 11 is 8.38. The van der Waals surface area contributed by atoms with Gasteiger partial charge in [0, 0.05) is 11.4 Å². The molecular weight excluding hydrogens is 252 g/mol. The number of thioether (sulfide) groups is 1. The van der Waals surface area contributed by atoms with Crippen molar-refractivity contribution >= 4 is 29.6 Å². The number of aryl methyl sites for hydroxylation is 1. The van der Waals surface area contributed by atoms with E-state index in [1.807, 2.05) is 17.8 Å². The Morgan fingerprint density at radius 2 is 2.12 bits per heavy atom. The van der Waals surface area contributed by atoms with Crippen LogP contribution in [0, 0.1) is 0 Å². The van der Waals surface area contributed by atoms with Crippen molar-refractivity contribution in [3.05, 3.63) is 34.3 Å². The van der Waals surface area contributed by atoms with Crippen molar-refractivity contribution in [2.75, 3.05) is 11.5 Å². The lowest BCUT2D eigenvalue weighted by atomic mass is 9.92. The van der Waals surface area contributed by atoms with Crippen LogP contribution in [-0.4, -0.2) is 17.8 Å². The molecule has 0 N–H and O–H groups in total. The maximum atomic E-state index is 10.3. The topological polar surface area (TPSA) is 17.1 Å². The molecule has 0 saturated carbocycles. The fourth-order valence-electron chi connectivity index (χ4n) is 2.29. The molecule has 1 saturated heterocycles. The predicted molar refractivity (Wildman–Crippen MR) is 75.1 cm³/mol.